The van der Waals surface area contributed by atoms with Crippen LogP contribution in [0.1, 0.15) is 168 Å². The zero-order valence-electron chi connectivity index (χ0n) is 24.5. The van der Waals surface area contributed by atoms with E-state index in [1.165, 1.54) is 128 Å². The molecule has 0 radical (unpaired) electrons. The summed E-state index contributed by atoms with van der Waals surface area (Å²) in [6.45, 7) is 4.94. The van der Waals surface area contributed by atoms with E-state index in [4.69, 9.17) is 4.74 Å². The first-order chi connectivity index (χ1) is 17.8. The molecule has 36 heavy (non-hydrogen) atoms. The summed E-state index contributed by atoms with van der Waals surface area (Å²) >= 11 is 0. The molecule has 210 valence electrons. The Labute approximate surface area is 226 Å². The van der Waals surface area contributed by atoms with Crippen LogP contribution in [0.2, 0.25) is 0 Å². The van der Waals surface area contributed by atoms with Gasteiger partial charge in [0, 0.05) is 6.42 Å². The Morgan fingerprint density at radius 1 is 0.444 bits per heavy atom. The number of carbonyl (C=O) groups is 1. The van der Waals surface area contributed by atoms with Crippen LogP contribution in [0.5, 0.6) is 0 Å². The lowest BCUT2D eigenvalue weighted by atomic mass is 10.1. The molecule has 0 aliphatic heterocycles. The van der Waals surface area contributed by atoms with E-state index >= 15 is 0 Å². The third-order valence-corrected chi connectivity index (χ3v) is 6.78. The first-order valence-corrected chi connectivity index (χ1v) is 15.9. The zero-order valence-corrected chi connectivity index (χ0v) is 24.5. The standard InChI is InChI=1S/C34H62O2/c1-3-5-7-9-11-13-15-17-18-19-21-23-25-27-29-31-33-36-34(35)32-30-28-26-24-22-20-16-14-12-10-8-6-4-2/h9-12,29,31H,3-8,13-28,30,32-33H2,1-2H3/b11-9-,12-10-,31-29+. The second-order valence-corrected chi connectivity index (χ2v) is 10.4. The van der Waals surface area contributed by atoms with Gasteiger partial charge in [0.15, 0.2) is 0 Å². The number of rotatable bonds is 28. The van der Waals surface area contributed by atoms with Gasteiger partial charge in [0.25, 0.3) is 0 Å². The molecule has 0 N–H and O–H groups in total. The lowest BCUT2D eigenvalue weighted by molar-refractivity contribution is -0.142. The van der Waals surface area contributed by atoms with E-state index in [2.05, 4.69) is 44.2 Å². The lowest BCUT2D eigenvalue weighted by Gasteiger charge is -2.03. The number of hydrogen-bond acceptors (Lipinski definition) is 2. The predicted molar refractivity (Wildman–Crippen MR) is 161 cm³/mol. The highest BCUT2D eigenvalue weighted by Gasteiger charge is 2.01. The molecule has 0 saturated heterocycles. The summed E-state index contributed by atoms with van der Waals surface area (Å²) in [6.07, 6.45) is 43.6. The highest BCUT2D eigenvalue weighted by atomic mass is 16.5. The summed E-state index contributed by atoms with van der Waals surface area (Å²) < 4.78 is 5.33. The lowest BCUT2D eigenvalue weighted by Crippen LogP contribution is -2.03. The number of esters is 1. The molecule has 2 nitrogen and oxygen atoms in total. The number of allylic oxidation sites excluding steroid dienone is 5. The number of ether oxygens (including phenoxy) is 1. The molecule has 0 aromatic heterocycles. The average molecular weight is 503 g/mol. The molecule has 2 heteroatoms. The Bertz CT molecular complexity index is 517. The number of carbonyl (C=O) groups excluding carboxylic acids is 1. The van der Waals surface area contributed by atoms with Gasteiger partial charge >= 0.3 is 5.97 Å². The van der Waals surface area contributed by atoms with Gasteiger partial charge < -0.3 is 4.74 Å². The van der Waals surface area contributed by atoms with Gasteiger partial charge in [0.1, 0.15) is 6.61 Å². The topological polar surface area (TPSA) is 26.3 Å². The van der Waals surface area contributed by atoms with Crippen LogP contribution in [-0.4, -0.2) is 12.6 Å². The second-order valence-electron chi connectivity index (χ2n) is 10.4. The van der Waals surface area contributed by atoms with E-state index < -0.39 is 0 Å². The Morgan fingerprint density at radius 2 is 0.778 bits per heavy atom. The van der Waals surface area contributed by atoms with E-state index in [-0.39, 0.29) is 5.97 Å². The summed E-state index contributed by atoms with van der Waals surface area (Å²) in [5, 5.41) is 0. The van der Waals surface area contributed by atoms with E-state index in [1.54, 1.807) is 0 Å². The Kier molecular flexibility index (Phi) is 30.6. The van der Waals surface area contributed by atoms with Crippen LogP contribution in [0.3, 0.4) is 0 Å². The minimum atomic E-state index is -0.0361. The predicted octanol–water partition coefficient (Wildman–Crippen LogP) is 11.6. The molecular weight excluding hydrogens is 440 g/mol. The van der Waals surface area contributed by atoms with Crippen molar-refractivity contribution in [1.82, 2.24) is 0 Å². The van der Waals surface area contributed by atoms with Crippen molar-refractivity contribution in [1.29, 1.82) is 0 Å². The molecule has 0 bridgehead atoms. The quantitative estimate of drug-likeness (QED) is 0.0604. The smallest absolute Gasteiger partial charge is 0.306 e. The molecule has 0 saturated carbocycles. The highest BCUT2D eigenvalue weighted by Crippen LogP contribution is 2.12. The molecule has 0 spiro atoms. The van der Waals surface area contributed by atoms with Gasteiger partial charge in [-0.15, -0.1) is 0 Å². The van der Waals surface area contributed by atoms with Crippen LogP contribution < -0.4 is 0 Å². The normalized spacial score (nSPS) is 11.9. The summed E-state index contributed by atoms with van der Waals surface area (Å²) in [7, 11) is 0. The summed E-state index contributed by atoms with van der Waals surface area (Å²) in [5.74, 6) is -0.0361. The Hall–Kier alpha value is -1.31. The summed E-state index contributed by atoms with van der Waals surface area (Å²) in [5.41, 5.74) is 0. The third kappa shape index (κ3) is 30.7. The second kappa shape index (κ2) is 31.7. The Morgan fingerprint density at radius 3 is 1.19 bits per heavy atom. The van der Waals surface area contributed by atoms with Crippen molar-refractivity contribution in [2.75, 3.05) is 6.61 Å². The highest BCUT2D eigenvalue weighted by molar-refractivity contribution is 5.69. The molecule has 0 atom stereocenters. The largest absolute Gasteiger partial charge is 0.461 e. The number of unbranched alkanes of at least 4 members (excludes halogenated alkanes) is 19. The maximum absolute atomic E-state index is 11.8. The van der Waals surface area contributed by atoms with Crippen molar-refractivity contribution in [3.8, 4) is 0 Å². The molecule has 0 amide bonds. The van der Waals surface area contributed by atoms with Crippen molar-refractivity contribution < 1.29 is 9.53 Å². The van der Waals surface area contributed by atoms with Crippen LogP contribution in [0.15, 0.2) is 36.5 Å². The van der Waals surface area contributed by atoms with Crippen LogP contribution in [0.25, 0.3) is 0 Å². The molecule has 0 fully saturated rings. The van der Waals surface area contributed by atoms with Gasteiger partial charge in [0.05, 0.1) is 0 Å². The zero-order chi connectivity index (χ0) is 26.2. The van der Waals surface area contributed by atoms with Crippen LogP contribution in [0.4, 0.5) is 0 Å². The fourth-order valence-electron chi connectivity index (χ4n) is 4.34. The van der Waals surface area contributed by atoms with Crippen molar-refractivity contribution in [2.24, 2.45) is 0 Å². The molecular formula is C34H62O2. The molecule has 0 aromatic rings. The van der Waals surface area contributed by atoms with Gasteiger partial charge in [-0.25, -0.2) is 0 Å². The van der Waals surface area contributed by atoms with Crippen molar-refractivity contribution in [3.05, 3.63) is 36.5 Å². The maximum atomic E-state index is 11.8. The first-order valence-electron chi connectivity index (χ1n) is 15.9. The first kappa shape index (κ1) is 34.7. The van der Waals surface area contributed by atoms with Crippen molar-refractivity contribution in [2.45, 2.75) is 168 Å². The van der Waals surface area contributed by atoms with Gasteiger partial charge in [-0.2, -0.15) is 0 Å². The Balaban J connectivity index is 3.27. The summed E-state index contributed by atoms with van der Waals surface area (Å²) in [6, 6.07) is 0. The maximum Gasteiger partial charge on any atom is 0.306 e. The third-order valence-electron chi connectivity index (χ3n) is 6.78. The SMILES string of the molecule is CCCC/C=C\CCCCCCCCC/C=C/COC(=O)CCCCCCCCC/C=C\CCCC. The van der Waals surface area contributed by atoms with Crippen molar-refractivity contribution >= 4 is 5.97 Å². The molecule has 0 heterocycles. The number of hydrogen-bond donors (Lipinski definition) is 0. The van der Waals surface area contributed by atoms with Gasteiger partial charge in [0.2, 0.25) is 0 Å². The minimum absolute atomic E-state index is 0.0361. The summed E-state index contributed by atoms with van der Waals surface area (Å²) in [4.78, 5) is 11.8. The van der Waals surface area contributed by atoms with E-state index in [9.17, 15) is 4.79 Å². The van der Waals surface area contributed by atoms with E-state index in [0.717, 1.165) is 19.3 Å². The van der Waals surface area contributed by atoms with Gasteiger partial charge in [-0.3, -0.25) is 4.79 Å². The van der Waals surface area contributed by atoms with Crippen LogP contribution in [-0.2, 0) is 9.53 Å². The van der Waals surface area contributed by atoms with E-state index in [1.807, 2.05) is 6.08 Å². The molecule has 0 rings (SSSR count). The van der Waals surface area contributed by atoms with Gasteiger partial charge in [-0.1, -0.05) is 140 Å². The monoisotopic (exact) mass is 502 g/mol. The van der Waals surface area contributed by atoms with Crippen molar-refractivity contribution in [3.63, 3.8) is 0 Å². The fourth-order valence-corrected chi connectivity index (χ4v) is 4.34. The average Bonchev–Trinajstić information content (AvgIpc) is 2.88. The molecule has 0 aliphatic rings. The molecule has 0 aromatic carbocycles. The minimum Gasteiger partial charge on any atom is -0.461 e. The van der Waals surface area contributed by atoms with Crippen LogP contribution in [0, 0.1) is 0 Å². The van der Waals surface area contributed by atoms with Gasteiger partial charge in [-0.05, 0) is 57.8 Å². The van der Waals surface area contributed by atoms with Crippen LogP contribution >= 0.6 is 0 Å². The molecule has 0 aliphatic carbocycles. The molecule has 0 unspecified atom stereocenters. The fraction of sp³-hybridized carbons (Fsp3) is 0.794. The van der Waals surface area contributed by atoms with E-state index in [0.29, 0.717) is 13.0 Å².